The van der Waals surface area contributed by atoms with Crippen LogP contribution < -0.4 is 10.6 Å². The fourth-order valence-corrected chi connectivity index (χ4v) is 2.45. The summed E-state index contributed by atoms with van der Waals surface area (Å²) in [5.74, 6) is 1.65. The van der Waals surface area contributed by atoms with Crippen molar-refractivity contribution in [2.24, 2.45) is 5.73 Å². The van der Waals surface area contributed by atoms with Crippen molar-refractivity contribution in [3.8, 4) is 0 Å². The lowest BCUT2D eigenvalue weighted by Gasteiger charge is -2.20. The molecule has 1 aliphatic carbocycles. The van der Waals surface area contributed by atoms with Crippen molar-refractivity contribution < 1.29 is 4.74 Å². The lowest BCUT2D eigenvalue weighted by Crippen LogP contribution is -2.29. The van der Waals surface area contributed by atoms with E-state index in [1.165, 1.54) is 24.4 Å². The molecule has 0 bridgehead atoms. The van der Waals surface area contributed by atoms with Crippen LogP contribution in [0.4, 0.5) is 5.13 Å². The van der Waals surface area contributed by atoms with Gasteiger partial charge in [0.25, 0.3) is 0 Å². The number of ether oxygens (including phenoxy) is 1. The molecule has 0 aliphatic heterocycles. The molecule has 2 rings (SSSR count). The van der Waals surface area contributed by atoms with Crippen LogP contribution in [0.2, 0.25) is 0 Å². The van der Waals surface area contributed by atoms with E-state index >= 15 is 0 Å². The van der Waals surface area contributed by atoms with Gasteiger partial charge in [-0.2, -0.15) is 4.37 Å². The van der Waals surface area contributed by atoms with Crippen LogP contribution in [-0.2, 0) is 4.74 Å². The lowest BCUT2D eigenvalue weighted by atomic mass is 10.4. The minimum absolute atomic E-state index is 0.624. The number of aromatic nitrogens is 2. The van der Waals surface area contributed by atoms with E-state index in [0.29, 0.717) is 19.1 Å². The fraction of sp³-hybridized carbons (Fsp3) is 0.818. The van der Waals surface area contributed by atoms with E-state index in [4.69, 9.17) is 10.5 Å². The third-order valence-electron chi connectivity index (χ3n) is 2.84. The maximum atomic E-state index is 5.56. The van der Waals surface area contributed by atoms with Crippen LogP contribution in [0.5, 0.6) is 0 Å². The van der Waals surface area contributed by atoms with Gasteiger partial charge in [0.1, 0.15) is 5.82 Å². The Morgan fingerprint density at radius 3 is 2.94 bits per heavy atom. The summed E-state index contributed by atoms with van der Waals surface area (Å²) < 4.78 is 9.56. The molecule has 1 aromatic rings. The van der Waals surface area contributed by atoms with Crippen molar-refractivity contribution in [1.29, 1.82) is 0 Å². The van der Waals surface area contributed by atoms with E-state index in [2.05, 4.69) is 14.3 Å². The van der Waals surface area contributed by atoms with Gasteiger partial charge in [0.15, 0.2) is 0 Å². The zero-order valence-electron chi connectivity index (χ0n) is 10.3. The highest BCUT2D eigenvalue weighted by Crippen LogP contribution is 2.39. The van der Waals surface area contributed by atoms with Gasteiger partial charge in [-0.05, 0) is 25.8 Å². The molecular formula is C11H20N4OS. The Morgan fingerprint density at radius 2 is 2.29 bits per heavy atom. The largest absolute Gasteiger partial charge is 0.383 e. The number of hydrogen-bond acceptors (Lipinski definition) is 6. The first kappa shape index (κ1) is 12.7. The molecule has 17 heavy (non-hydrogen) atoms. The number of nitrogens with zero attached hydrogens (tertiary/aromatic N) is 3. The van der Waals surface area contributed by atoms with E-state index < -0.39 is 0 Å². The summed E-state index contributed by atoms with van der Waals surface area (Å²) in [6, 6.07) is 0. The Kier molecular flexibility index (Phi) is 4.70. The topological polar surface area (TPSA) is 64.3 Å². The Balaban J connectivity index is 1.95. The van der Waals surface area contributed by atoms with E-state index in [-0.39, 0.29) is 0 Å². The maximum Gasteiger partial charge on any atom is 0.205 e. The first-order valence-corrected chi connectivity index (χ1v) is 6.90. The van der Waals surface area contributed by atoms with Crippen LogP contribution >= 0.6 is 11.5 Å². The molecule has 0 spiro atoms. The second-order valence-corrected chi connectivity index (χ2v) is 5.06. The number of hydrogen-bond donors (Lipinski definition) is 1. The molecule has 0 atom stereocenters. The van der Waals surface area contributed by atoms with E-state index in [1.54, 1.807) is 7.11 Å². The highest BCUT2D eigenvalue weighted by Gasteiger charge is 2.28. The van der Waals surface area contributed by atoms with Gasteiger partial charge in [-0.1, -0.05) is 0 Å². The van der Waals surface area contributed by atoms with Crippen molar-refractivity contribution in [1.82, 2.24) is 9.36 Å². The van der Waals surface area contributed by atoms with Crippen LogP contribution in [0.25, 0.3) is 0 Å². The predicted octanol–water partition coefficient (Wildman–Crippen LogP) is 1.22. The molecule has 0 radical (unpaired) electrons. The second-order valence-electron chi connectivity index (χ2n) is 4.33. The second kappa shape index (κ2) is 6.28. The van der Waals surface area contributed by atoms with Gasteiger partial charge in [-0.25, -0.2) is 4.98 Å². The van der Waals surface area contributed by atoms with Gasteiger partial charge in [-0.15, -0.1) is 0 Å². The van der Waals surface area contributed by atoms with Crippen molar-refractivity contribution in [3.05, 3.63) is 5.82 Å². The summed E-state index contributed by atoms with van der Waals surface area (Å²) in [5, 5.41) is 1.01. The summed E-state index contributed by atoms with van der Waals surface area (Å²) in [6.07, 6.45) is 3.47. The summed E-state index contributed by atoms with van der Waals surface area (Å²) in [4.78, 5) is 6.84. The zero-order valence-corrected chi connectivity index (χ0v) is 11.1. The standard InChI is InChI=1S/C11H20N4OS/c1-16-8-7-15(6-2-5-12)11-13-10(14-17-11)9-3-4-9/h9H,2-8,12H2,1H3. The normalized spacial score (nSPS) is 15.2. The predicted molar refractivity (Wildman–Crippen MR) is 69.6 cm³/mol. The van der Waals surface area contributed by atoms with Crippen LogP contribution in [0.1, 0.15) is 31.0 Å². The van der Waals surface area contributed by atoms with Gasteiger partial charge < -0.3 is 15.4 Å². The zero-order chi connectivity index (χ0) is 12.1. The van der Waals surface area contributed by atoms with Gasteiger partial charge in [0.2, 0.25) is 5.13 Å². The summed E-state index contributed by atoms with van der Waals surface area (Å²) in [5.41, 5.74) is 5.56. The number of rotatable bonds is 8. The minimum Gasteiger partial charge on any atom is -0.383 e. The van der Waals surface area contributed by atoms with Crippen LogP contribution in [-0.4, -0.2) is 42.7 Å². The third kappa shape index (κ3) is 3.62. The summed E-state index contributed by atoms with van der Waals surface area (Å²) >= 11 is 1.50. The third-order valence-corrected chi connectivity index (χ3v) is 3.63. The first-order valence-electron chi connectivity index (χ1n) is 6.12. The molecular weight excluding hydrogens is 236 g/mol. The Morgan fingerprint density at radius 1 is 1.47 bits per heavy atom. The maximum absolute atomic E-state index is 5.56. The Labute approximate surface area is 106 Å². The minimum atomic E-state index is 0.624. The van der Waals surface area contributed by atoms with Crippen molar-refractivity contribution in [3.63, 3.8) is 0 Å². The van der Waals surface area contributed by atoms with E-state index in [9.17, 15) is 0 Å². The SMILES string of the molecule is COCCN(CCCN)c1nc(C2CC2)ns1. The van der Waals surface area contributed by atoms with Gasteiger partial charge in [-0.3, -0.25) is 0 Å². The molecule has 96 valence electrons. The average molecular weight is 256 g/mol. The number of nitrogens with two attached hydrogens (primary N) is 1. The van der Waals surface area contributed by atoms with Gasteiger partial charge in [0.05, 0.1) is 6.61 Å². The average Bonchev–Trinajstić information content (AvgIpc) is 3.09. The first-order chi connectivity index (χ1) is 8.35. The van der Waals surface area contributed by atoms with E-state index in [1.807, 2.05) is 0 Å². The summed E-state index contributed by atoms with van der Waals surface area (Å²) in [6.45, 7) is 3.20. The van der Waals surface area contributed by atoms with Crippen molar-refractivity contribution in [2.45, 2.75) is 25.2 Å². The monoisotopic (exact) mass is 256 g/mol. The molecule has 1 aliphatic rings. The molecule has 6 heteroatoms. The van der Waals surface area contributed by atoms with Gasteiger partial charge in [0, 0.05) is 37.6 Å². The molecule has 0 unspecified atom stereocenters. The smallest absolute Gasteiger partial charge is 0.205 e. The van der Waals surface area contributed by atoms with Crippen LogP contribution in [0.3, 0.4) is 0 Å². The number of methoxy groups -OCH3 is 1. The Hall–Kier alpha value is -0.720. The fourth-order valence-electron chi connectivity index (χ4n) is 1.65. The molecule has 1 saturated carbocycles. The molecule has 1 heterocycles. The highest BCUT2D eigenvalue weighted by atomic mass is 32.1. The van der Waals surface area contributed by atoms with Crippen molar-refractivity contribution in [2.75, 3.05) is 38.3 Å². The summed E-state index contributed by atoms with van der Waals surface area (Å²) in [7, 11) is 1.72. The highest BCUT2D eigenvalue weighted by molar-refractivity contribution is 7.09. The Bertz CT molecular complexity index is 332. The number of anilines is 1. The lowest BCUT2D eigenvalue weighted by molar-refractivity contribution is 0.205. The van der Waals surface area contributed by atoms with Crippen LogP contribution in [0.15, 0.2) is 0 Å². The molecule has 2 N–H and O–H groups in total. The molecule has 0 aromatic carbocycles. The van der Waals surface area contributed by atoms with Crippen LogP contribution in [0, 0.1) is 0 Å². The molecule has 0 saturated heterocycles. The molecule has 1 aromatic heterocycles. The molecule has 5 nitrogen and oxygen atoms in total. The quantitative estimate of drug-likeness (QED) is 0.757. The molecule has 0 amide bonds. The van der Waals surface area contributed by atoms with Crippen molar-refractivity contribution >= 4 is 16.7 Å². The van der Waals surface area contributed by atoms with Gasteiger partial charge >= 0.3 is 0 Å². The van der Waals surface area contributed by atoms with E-state index in [0.717, 1.165) is 30.5 Å². The molecule has 1 fully saturated rings.